The molecule has 0 aromatic heterocycles. The highest BCUT2D eigenvalue weighted by Crippen LogP contribution is 2.24. The van der Waals surface area contributed by atoms with Gasteiger partial charge in [-0.05, 0) is 13.0 Å². The molecule has 2 N–H and O–H groups in total. The zero-order valence-electron chi connectivity index (χ0n) is 8.34. The number of hydrogen-bond acceptors (Lipinski definition) is 2. The molecule has 1 aromatic carbocycles. The molecule has 0 heterocycles. The molecule has 0 saturated heterocycles. The summed E-state index contributed by atoms with van der Waals surface area (Å²) in [5, 5.41) is 11.3. The third-order valence-corrected chi connectivity index (χ3v) is 1.87. The van der Waals surface area contributed by atoms with Gasteiger partial charge in [-0.1, -0.05) is 6.07 Å². The van der Waals surface area contributed by atoms with Gasteiger partial charge in [0.25, 0.3) is 0 Å². The average molecular weight is 215 g/mol. The number of carbonyl (C=O) groups excluding carboxylic acids is 1. The lowest BCUT2D eigenvalue weighted by atomic mass is 10.1. The highest BCUT2D eigenvalue weighted by atomic mass is 19.2. The first-order chi connectivity index (χ1) is 6.93. The van der Waals surface area contributed by atoms with Crippen LogP contribution in [0.1, 0.15) is 25.5 Å². The third-order valence-electron chi connectivity index (χ3n) is 1.87. The van der Waals surface area contributed by atoms with Crippen LogP contribution >= 0.6 is 0 Å². The number of aliphatic hydroxyl groups is 1. The Morgan fingerprint density at radius 1 is 1.40 bits per heavy atom. The summed E-state index contributed by atoms with van der Waals surface area (Å²) in [5.41, 5.74) is -0.369. The van der Waals surface area contributed by atoms with E-state index in [1.807, 2.05) is 0 Å². The van der Waals surface area contributed by atoms with Crippen molar-refractivity contribution in [2.24, 2.45) is 0 Å². The Morgan fingerprint density at radius 2 is 2.00 bits per heavy atom. The molecule has 0 radical (unpaired) electrons. The third kappa shape index (κ3) is 2.50. The second-order valence-corrected chi connectivity index (χ2v) is 3.19. The van der Waals surface area contributed by atoms with Gasteiger partial charge in [0, 0.05) is 12.5 Å². The fraction of sp³-hybridized carbons (Fsp3) is 0.300. The maximum absolute atomic E-state index is 13.3. The van der Waals surface area contributed by atoms with Crippen LogP contribution in [0.25, 0.3) is 0 Å². The molecule has 1 unspecified atom stereocenters. The Kier molecular flexibility index (Phi) is 3.36. The number of rotatable bonds is 2. The van der Waals surface area contributed by atoms with Crippen molar-refractivity contribution in [3.05, 3.63) is 29.3 Å². The molecule has 1 rings (SSSR count). The fourth-order valence-electron chi connectivity index (χ4n) is 1.17. The van der Waals surface area contributed by atoms with Crippen LogP contribution in [0.4, 0.5) is 14.5 Å². The predicted molar refractivity (Wildman–Crippen MR) is 51.3 cm³/mol. The lowest BCUT2D eigenvalue weighted by Crippen LogP contribution is -2.10. The number of benzene rings is 1. The molecule has 0 aliphatic heterocycles. The Morgan fingerprint density at radius 3 is 2.47 bits per heavy atom. The van der Waals surface area contributed by atoms with E-state index in [1.54, 1.807) is 0 Å². The Bertz CT molecular complexity index is 391. The maximum atomic E-state index is 13.3. The summed E-state index contributed by atoms with van der Waals surface area (Å²) in [5.74, 6) is -2.79. The molecule has 1 atom stereocenters. The van der Waals surface area contributed by atoms with Gasteiger partial charge in [0.2, 0.25) is 5.91 Å². The SMILES string of the molecule is CC(=O)Nc1ccc(C(C)O)c(F)c1F. The lowest BCUT2D eigenvalue weighted by molar-refractivity contribution is -0.114. The second-order valence-electron chi connectivity index (χ2n) is 3.19. The zero-order valence-corrected chi connectivity index (χ0v) is 8.34. The van der Waals surface area contributed by atoms with E-state index in [1.165, 1.54) is 26.0 Å². The summed E-state index contributed by atoms with van der Waals surface area (Å²) >= 11 is 0. The number of hydrogen-bond donors (Lipinski definition) is 2. The minimum Gasteiger partial charge on any atom is -0.389 e. The van der Waals surface area contributed by atoms with Crippen LogP contribution in [-0.2, 0) is 4.79 Å². The normalized spacial score (nSPS) is 12.3. The van der Waals surface area contributed by atoms with Gasteiger partial charge in [-0.3, -0.25) is 4.79 Å². The molecule has 5 heteroatoms. The molecule has 82 valence electrons. The van der Waals surface area contributed by atoms with E-state index < -0.39 is 23.6 Å². The van der Waals surface area contributed by atoms with E-state index in [0.717, 1.165) is 0 Å². The standard InChI is InChI=1S/C10H11F2NO2/c1-5(14)7-3-4-8(13-6(2)15)10(12)9(7)11/h3-5,14H,1-2H3,(H,13,15). The van der Waals surface area contributed by atoms with Crippen LogP contribution in [0.15, 0.2) is 12.1 Å². The Balaban J connectivity index is 3.15. The summed E-state index contributed by atoms with van der Waals surface area (Å²) in [6.45, 7) is 2.52. The minimum atomic E-state index is -1.16. The fourth-order valence-corrected chi connectivity index (χ4v) is 1.17. The molecule has 0 aliphatic carbocycles. The first-order valence-corrected chi connectivity index (χ1v) is 4.37. The summed E-state index contributed by atoms with van der Waals surface area (Å²) in [7, 11) is 0. The smallest absolute Gasteiger partial charge is 0.221 e. The van der Waals surface area contributed by atoms with E-state index in [2.05, 4.69) is 5.32 Å². The molecule has 1 amide bonds. The number of nitrogens with one attached hydrogen (secondary N) is 1. The number of anilines is 1. The minimum absolute atomic E-state index is 0.137. The van der Waals surface area contributed by atoms with Gasteiger partial charge in [-0.2, -0.15) is 0 Å². The van der Waals surface area contributed by atoms with E-state index in [4.69, 9.17) is 5.11 Å². The van der Waals surface area contributed by atoms with E-state index >= 15 is 0 Å². The Labute approximate surface area is 85.7 Å². The molecule has 3 nitrogen and oxygen atoms in total. The van der Waals surface area contributed by atoms with Crippen molar-refractivity contribution in [1.82, 2.24) is 0 Å². The number of carbonyl (C=O) groups is 1. The molecule has 0 saturated carbocycles. The van der Waals surface area contributed by atoms with Gasteiger partial charge in [0.05, 0.1) is 11.8 Å². The van der Waals surface area contributed by atoms with Crippen molar-refractivity contribution in [3.63, 3.8) is 0 Å². The molecular formula is C10H11F2NO2. The summed E-state index contributed by atoms with van der Waals surface area (Å²) in [6.07, 6.45) is -1.09. The highest BCUT2D eigenvalue weighted by Gasteiger charge is 2.16. The molecule has 15 heavy (non-hydrogen) atoms. The van der Waals surface area contributed by atoms with Crippen molar-refractivity contribution >= 4 is 11.6 Å². The van der Waals surface area contributed by atoms with Crippen molar-refractivity contribution in [1.29, 1.82) is 0 Å². The highest BCUT2D eigenvalue weighted by molar-refractivity contribution is 5.88. The van der Waals surface area contributed by atoms with Gasteiger partial charge in [0.15, 0.2) is 11.6 Å². The molecule has 0 bridgehead atoms. The van der Waals surface area contributed by atoms with Crippen LogP contribution in [0.2, 0.25) is 0 Å². The van der Waals surface area contributed by atoms with Gasteiger partial charge in [0.1, 0.15) is 0 Å². The van der Waals surface area contributed by atoms with Crippen molar-refractivity contribution < 1.29 is 18.7 Å². The van der Waals surface area contributed by atoms with Crippen LogP contribution in [-0.4, -0.2) is 11.0 Å². The number of amides is 1. The van der Waals surface area contributed by atoms with Gasteiger partial charge in [-0.15, -0.1) is 0 Å². The maximum Gasteiger partial charge on any atom is 0.221 e. The number of aliphatic hydroxyl groups excluding tert-OH is 1. The predicted octanol–water partition coefficient (Wildman–Crippen LogP) is 1.98. The van der Waals surface area contributed by atoms with E-state index in [-0.39, 0.29) is 11.3 Å². The molecule has 0 aliphatic rings. The summed E-state index contributed by atoms with van der Waals surface area (Å²) in [6, 6.07) is 2.44. The number of halogens is 2. The summed E-state index contributed by atoms with van der Waals surface area (Å²) < 4.78 is 26.6. The van der Waals surface area contributed by atoms with Gasteiger partial charge in [-0.25, -0.2) is 8.78 Å². The van der Waals surface area contributed by atoms with Gasteiger partial charge < -0.3 is 10.4 Å². The van der Waals surface area contributed by atoms with Crippen molar-refractivity contribution in [2.45, 2.75) is 20.0 Å². The van der Waals surface area contributed by atoms with Crippen LogP contribution in [0, 0.1) is 11.6 Å². The van der Waals surface area contributed by atoms with E-state index in [9.17, 15) is 13.6 Å². The molecule has 0 spiro atoms. The largest absolute Gasteiger partial charge is 0.389 e. The van der Waals surface area contributed by atoms with Crippen LogP contribution in [0.3, 0.4) is 0 Å². The van der Waals surface area contributed by atoms with E-state index in [0.29, 0.717) is 0 Å². The second kappa shape index (κ2) is 4.35. The monoisotopic (exact) mass is 215 g/mol. The lowest BCUT2D eigenvalue weighted by Gasteiger charge is -2.10. The quantitative estimate of drug-likeness (QED) is 0.792. The summed E-state index contributed by atoms with van der Waals surface area (Å²) in [4.78, 5) is 10.6. The topological polar surface area (TPSA) is 49.3 Å². The first kappa shape index (κ1) is 11.6. The average Bonchev–Trinajstić information content (AvgIpc) is 2.12. The molecular weight excluding hydrogens is 204 g/mol. The first-order valence-electron chi connectivity index (χ1n) is 4.37. The van der Waals surface area contributed by atoms with Crippen LogP contribution < -0.4 is 5.32 Å². The van der Waals surface area contributed by atoms with Crippen molar-refractivity contribution in [3.8, 4) is 0 Å². The van der Waals surface area contributed by atoms with Crippen molar-refractivity contribution in [2.75, 3.05) is 5.32 Å². The zero-order chi connectivity index (χ0) is 11.6. The Hall–Kier alpha value is -1.49. The molecule has 0 fully saturated rings. The molecule has 1 aromatic rings. The van der Waals surface area contributed by atoms with Gasteiger partial charge >= 0.3 is 0 Å². The van der Waals surface area contributed by atoms with Crippen LogP contribution in [0.5, 0.6) is 0 Å².